The molecule has 0 bridgehead atoms. The monoisotopic (exact) mass is 263 g/mol. The van der Waals surface area contributed by atoms with Crippen LogP contribution < -0.4 is 5.73 Å². The highest BCUT2D eigenvalue weighted by molar-refractivity contribution is 5.73. The van der Waals surface area contributed by atoms with Crippen LogP contribution in [-0.4, -0.2) is 11.0 Å². The third-order valence-electron chi connectivity index (χ3n) is 3.40. The van der Waals surface area contributed by atoms with Gasteiger partial charge in [-0.05, 0) is 41.9 Å². The molecule has 0 saturated carbocycles. The molecule has 19 heavy (non-hydrogen) atoms. The molecule has 0 heterocycles. The van der Waals surface area contributed by atoms with Crippen LogP contribution in [0.15, 0.2) is 18.2 Å². The number of aliphatic hydroxyl groups is 1. The van der Waals surface area contributed by atoms with Crippen LogP contribution in [0.25, 0.3) is 0 Å². The summed E-state index contributed by atoms with van der Waals surface area (Å²) in [6.45, 7) is 8.46. The average molecular weight is 263 g/mol. The molecule has 1 aromatic rings. The Kier molecular flexibility index (Phi) is 5.12. The highest BCUT2D eigenvalue weighted by atomic mass is 16.3. The van der Waals surface area contributed by atoms with Crippen molar-refractivity contribution in [3.8, 4) is 0 Å². The second kappa shape index (κ2) is 6.20. The first kappa shape index (κ1) is 15.7. The number of benzene rings is 1. The molecule has 0 aromatic heterocycles. The molecule has 1 aromatic carbocycles. The Balaban J connectivity index is 2.83. The van der Waals surface area contributed by atoms with Crippen LogP contribution in [0.1, 0.15) is 62.8 Å². The minimum atomic E-state index is -0.526. The van der Waals surface area contributed by atoms with E-state index in [0.717, 1.165) is 11.1 Å². The number of primary amides is 1. The predicted molar refractivity (Wildman–Crippen MR) is 77.9 cm³/mol. The minimum Gasteiger partial charge on any atom is -0.388 e. The fourth-order valence-electron chi connectivity index (χ4n) is 2.09. The van der Waals surface area contributed by atoms with Crippen LogP contribution in [0.2, 0.25) is 0 Å². The van der Waals surface area contributed by atoms with E-state index in [4.69, 9.17) is 5.73 Å². The molecule has 1 amide bonds. The Labute approximate surface area is 115 Å². The van der Waals surface area contributed by atoms with Gasteiger partial charge in [0.15, 0.2) is 0 Å². The average Bonchev–Trinajstić information content (AvgIpc) is 2.27. The van der Waals surface area contributed by atoms with E-state index in [9.17, 15) is 9.90 Å². The summed E-state index contributed by atoms with van der Waals surface area (Å²) in [5.41, 5.74) is 8.42. The Morgan fingerprint density at radius 1 is 1.37 bits per heavy atom. The molecular formula is C16H25NO2. The van der Waals surface area contributed by atoms with Gasteiger partial charge in [0.2, 0.25) is 5.91 Å². The fraction of sp³-hybridized carbons (Fsp3) is 0.562. The number of hydrogen-bond acceptors (Lipinski definition) is 2. The zero-order valence-electron chi connectivity index (χ0n) is 12.4. The van der Waals surface area contributed by atoms with Gasteiger partial charge in [0.1, 0.15) is 0 Å². The first-order valence-corrected chi connectivity index (χ1v) is 6.79. The van der Waals surface area contributed by atoms with Crippen molar-refractivity contribution >= 4 is 5.91 Å². The van der Waals surface area contributed by atoms with Crippen LogP contribution in [0, 0.1) is 6.92 Å². The highest BCUT2D eigenvalue weighted by Crippen LogP contribution is 2.29. The Bertz CT molecular complexity index is 447. The lowest BCUT2D eigenvalue weighted by Gasteiger charge is -2.22. The van der Waals surface area contributed by atoms with E-state index in [0.29, 0.717) is 19.3 Å². The molecule has 1 unspecified atom stereocenters. The molecule has 3 heteroatoms. The zero-order chi connectivity index (χ0) is 14.6. The standard InChI is InChI=1S/C16H25NO2/c1-11-8-9-12(16(2,3)4)10-13(11)14(18)6-5-7-15(17)19/h8-10,14,18H,5-7H2,1-4H3,(H2,17,19). The molecule has 0 spiro atoms. The van der Waals surface area contributed by atoms with Crippen molar-refractivity contribution in [2.24, 2.45) is 5.73 Å². The molecule has 106 valence electrons. The van der Waals surface area contributed by atoms with Gasteiger partial charge in [-0.25, -0.2) is 0 Å². The maximum Gasteiger partial charge on any atom is 0.217 e. The van der Waals surface area contributed by atoms with Crippen molar-refractivity contribution < 1.29 is 9.90 Å². The van der Waals surface area contributed by atoms with Gasteiger partial charge in [0.05, 0.1) is 6.10 Å². The van der Waals surface area contributed by atoms with Gasteiger partial charge in [-0.2, -0.15) is 0 Å². The third kappa shape index (κ3) is 4.67. The van der Waals surface area contributed by atoms with E-state index in [2.05, 4.69) is 32.9 Å². The molecule has 0 radical (unpaired) electrons. The van der Waals surface area contributed by atoms with Crippen molar-refractivity contribution in [3.05, 3.63) is 34.9 Å². The van der Waals surface area contributed by atoms with Gasteiger partial charge >= 0.3 is 0 Å². The predicted octanol–water partition coefficient (Wildman–Crippen LogP) is 2.98. The van der Waals surface area contributed by atoms with Crippen LogP contribution in [0.4, 0.5) is 0 Å². The second-order valence-electron chi connectivity index (χ2n) is 6.20. The summed E-state index contributed by atoms with van der Waals surface area (Å²) in [6, 6.07) is 6.23. The molecule has 1 rings (SSSR count). The smallest absolute Gasteiger partial charge is 0.217 e. The van der Waals surface area contributed by atoms with Crippen molar-refractivity contribution in [1.82, 2.24) is 0 Å². The fourth-order valence-corrected chi connectivity index (χ4v) is 2.09. The molecular weight excluding hydrogens is 238 g/mol. The molecule has 3 N–H and O–H groups in total. The lowest BCUT2D eigenvalue weighted by Crippen LogP contribution is -2.13. The van der Waals surface area contributed by atoms with Crippen LogP contribution >= 0.6 is 0 Å². The minimum absolute atomic E-state index is 0.0649. The van der Waals surface area contributed by atoms with Gasteiger partial charge in [-0.15, -0.1) is 0 Å². The van der Waals surface area contributed by atoms with E-state index < -0.39 is 6.10 Å². The first-order chi connectivity index (χ1) is 8.71. The highest BCUT2D eigenvalue weighted by Gasteiger charge is 2.17. The second-order valence-corrected chi connectivity index (χ2v) is 6.20. The molecule has 0 aliphatic carbocycles. The first-order valence-electron chi connectivity index (χ1n) is 6.79. The number of amides is 1. The number of nitrogens with two attached hydrogens (primary N) is 1. The van der Waals surface area contributed by atoms with E-state index in [1.807, 2.05) is 13.0 Å². The Morgan fingerprint density at radius 3 is 2.53 bits per heavy atom. The summed E-state index contributed by atoms with van der Waals surface area (Å²) in [4.78, 5) is 10.7. The maximum atomic E-state index is 10.7. The van der Waals surface area contributed by atoms with E-state index in [1.54, 1.807) is 0 Å². The molecule has 0 saturated heterocycles. The van der Waals surface area contributed by atoms with Gasteiger partial charge in [0, 0.05) is 6.42 Å². The van der Waals surface area contributed by atoms with Crippen molar-refractivity contribution in [3.63, 3.8) is 0 Å². The Morgan fingerprint density at radius 2 is 2.00 bits per heavy atom. The Hall–Kier alpha value is -1.35. The lowest BCUT2D eigenvalue weighted by atomic mass is 9.84. The van der Waals surface area contributed by atoms with Gasteiger partial charge in [-0.1, -0.05) is 39.0 Å². The van der Waals surface area contributed by atoms with E-state index >= 15 is 0 Å². The number of aryl methyl sites for hydroxylation is 1. The topological polar surface area (TPSA) is 63.3 Å². The third-order valence-corrected chi connectivity index (χ3v) is 3.40. The molecule has 0 aliphatic heterocycles. The summed E-state index contributed by atoms with van der Waals surface area (Å²) in [5.74, 6) is -0.313. The van der Waals surface area contributed by atoms with Gasteiger partial charge in [0.25, 0.3) is 0 Å². The molecule has 1 atom stereocenters. The normalized spacial score (nSPS) is 13.3. The van der Waals surface area contributed by atoms with Gasteiger partial charge < -0.3 is 10.8 Å². The van der Waals surface area contributed by atoms with Crippen molar-refractivity contribution in [2.45, 2.75) is 58.5 Å². The van der Waals surface area contributed by atoms with E-state index in [1.165, 1.54) is 5.56 Å². The molecule has 0 aliphatic rings. The number of hydrogen-bond donors (Lipinski definition) is 2. The summed E-state index contributed by atoms with van der Waals surface area (Å²) in [7, 11) is 0. The summed E-state index contributed by atoms with van der Waals surface area (Å²) >= 11 is 0. The lowest BCUT2D eigenvalue weighted by molar-refractivity contribution is -0.118. The molecule has 0 fully saturated rings. The number of carbonyl (C=O) groups is 1. The summed E-state index contributed by atoms with van der Waals surface area (Å²) in [5, 5.41) is 10.3. The SMILES string of the molecule is Cc1ccc(C(C)(C)C)cc1C(O)CCCC(N)=O. The number of carbonyl (C=O) groups excluding carboxylic acids is 1. The van der Waals surface area contributed by atoms with Crippen molar-refractivity contribution in [1.29, 1.82) is 0 Å². The van der Waals surface area contributed by atoms with Crippen LogP contribution in [0.5, 0.6) is 0 Å². The van der Waals surface area contributed by atoms with Crippen molar-refractivity contribution in [2.75, 3.05) is 0 Å². The quantitative estimate of drug-likeness (QED) is 0.857. The van der Waals surface area contributed by atoms with E-state index in [-0.39, 0.29) is 11.3 Å². The molecule has 3 nitrogen and oxygen atoms in total. The van der Waals surface area contributed by atoms with Crippen LogP contribution in [0.3, 0.4) is 0 Å². The largest absolute Gasteiger partial charge is 0.388 e. The zero-order valence-corrected chi connectivity index (χ0v) is 12.4. The summed E-state index contributed by atoms with van der Waals surface area (Å²) < 4.78 is 0. The number of rotatable bonds is 5. The maximum absolute atomic E-state index is 10.7. The van der Waals surface area contributed by atoms with Gasteiger partial charge in [-0.3, -0.25) is 4.79 Å². The number of aliphatic hydroxyl groups excluding tert-OH is 1. The van der Waals surface area contributed by atoms with Crippen LogP contribution in [-0.2, 0) is 10.2 Å². The summed E-state index contributed by atoms with van der Waals surface area (Å²) in [6.07, 6.45) is 0.990.